The van der Waals surface area contributed by atoms with Crippen LogP contribution in [0.1, 0.15) is 11.1 Å². The van der Waals surface area contributed by atoms with Crippen molar-refractivity contribution in [3.63, 3.8) is 0 Å². The summed E-state index contributed by atoms with van der Waals surface area (Å²) >= 11 is 0. The summed E-state index contributed by atoms with van der Waals surface area (Å²) in [4.78, 5) is 0. The lowest BCUT2D eigenvalue weighted by atomic mass is 9.99. The van der Waals surface area contributed by atoms with Crippen molar-refractivity contribution < 1.29 is 13.9 Å². The van der Waals surface area contributed by atoms with Gasteiger partial charge in [0.25, 0.3) is 0 Å². The summed E-state index contributed by atoms with van der Waals surface area (Å²) in [6.45, 7) is -0.198. The molecule has 0 radical (unpaired) electrons. The normalized spacial score (nSPS) is 10.6. The van der Waals surface area contributed by atoms with Crippen LogP contribution >= 0.6 is 0 Å². The van der Waals surface area contributed by atoms with Gasteiger partial charge in [0.05, 0.1) is 23.9 Å². The Hall–Kier alpha value is -4.25. The zero-order chi connectivity index (χ0) is 21.1. The highest BCUT2D eigenvalue weighted by Crippen LogP contribution is 2.30. The van der Waals surface area contributed by atoms with Gasteiger partial charge in [-0.15, -0.1) is 10.2 Å². The van der Waals surface area contributed by atoms with E-state index in [-0.39, 0.29) is 12.1 Å². The Morgan fingerprint density at radius 1 is 0.967 bits per heavy atom. The lowest BCUT2D eigenvalue weighted by Crippen LogP contribution is -2.29. The van der Waals surface area contributed by atoms with Gasteiger partial charge in [-0.25, -0.2) is 13.5 Å². The van der Waals surface area contributed by atoms with Crippen LogP contribution in [0.15, 0.2) is 73.3 Å². The lowest BCUT2D eigenvalue weighted by Gasteiger charge is -2.26. The molecule has 6 nitrogen and oxygen atoms in total. The van der Waals surface area contributed by atoms with E-state index in [1.807, 2.05) is 30.3 Å². The first-order valence-corrected chi connectivity index (χ1v) is 8.95. The quantitative estimate of drug-likeness (QED) is 0.538. The van der Waals surface area contributed by atoms with Gasteiger partial charge in [0, 0.05) is 23.3 Å². The number of aromatic nitrogens is 3. The van der Waals surface area contributed by atoms with Gasteiger partial charge >= 0.3 is 0 Å². The number of aromatic hydroxyl groups is 1. The average Bonchev–Trinajstić information content (AvgIpc) is 3.28. The summed E-state index contributed by atoms with van der Waals surface area (Å²) in [5.74, 6) is -2.24. The monoisotopic (exact) mass is 403 g/mol. The first-order valence-electron chi connectivity index (χ1n) is 8.95. The highest BCUT2D eigenvalue weighted by atomic mass is 19.1. The van der Waals surface area contributed by atoms with Crippen LogP contribution in [-0.4, -0.2) is 20.0 Å². The Morgan fingerprint density at radius 3 is 2.27 bits per heavy atom. The summed E-state index contributed by atoms with van der Waals surface area (Å²) in [6.07, 6.45) is 2.80. The molecule has 1 heterocycles. The molecule has 0 spiro atoms. The topological polar surface area (TPSA) is 78.0 Å². The molecule has 0 fully saturated rings. The maximum Gasteiger partial charge on any atom is 0.139 e. The van der Waals surface area contributed by atoms with E-state index < -0.39 is 17.4 Å². The van der Waals surface area contributed by atoms with Crippen molar-refractivity contribution in [2.75, 3.05) is 5.01 Å². The average molecular weight is 403 g/mol. The van der Waals surface area contributed by atoms with Gasteiger partial charge in [0.15, 0.2) is 0 Å². The third-order valence-corrected chi connectivity index (χ3v) is 4.63. The van der Waals surface area contributed by atoms with Gasteiger partial charge in [0.2, 0.25) is 0 Å². The number of phenols is 1. The standard InChI is InChI=1S/C22H15F2N5O/c23-21-9-18(30)10-22(24)20(21)12-29(28-13-26-27-14-28)17-7-6-16(11-25)19(8-17)15-4-2-1-3-5-15/h1-10,13-14,30H,12H2. The summed E-state index contributed by atoms with van der Waals surface area (Å²) < 4.78 is 30.3. The molecule has 0 saturated carbocycles. The minimum absolute atomic E-state index is 0.198. The predicted molar refractivity (Wildman–Crippen MR) is 106 cm³/mol. The third kappa shape index (κ3) is 3.69. The molecule has 3 aromatic carbocycles. The predicted octanol–water partition coefficient (Wildman–Crippen LogP) is 4.27. The van der Waals surface area contributed by atoms with E-state index in [1.54, 1.807) is 23.2 Å². The molecule has 0 aliphatic carbocycles. The second-order valence-corrected chi connectivity index (χ2v) is 6.50. The maximum atomic E-state index is 14.4. The molecule has 0 amide bonds. The van der Waals surface area contributed by atoms with E-state index in [2.05, 4.69) is 16.3 Å². The van der Waals surface area contributed by atoms with Gasteiger partial charge in [-0.3, -0.25) is 5.01 Å². The SMILES string of the molecule is N#Cc1ccc(N(Cc2c(F)cc(O)cc2F)n2cnnc2)cc1-c1ccccc1. The molecular weight excluding hydrogens is 388 g/mol. The van der Waals surface area contributed by atoms with Crippen molar-refractivity contribution in [2.24, 2.45) is 0 Å². The van der Waals surface area contributed by atoms with Gasteiger partial charge in [0.1, 0.15) is 30.0 Å². The number of hydrogen-bond donors (Lipinski definition) is 1. The van der Waals surface area contributed by atoms with Crippen LogP contribution in [-0.2, 0) is 6.54 Å². The van der Waals surface area contributed by atoms with E-state index in [0.29, 0.717) is 16.8 Å². The Morgan fingerprint density at radius 2 is 1.63 bits per heavy atom. The van der Waals surface area contributed by atoms with Gasteiger partial charge < -0.3 is 5.11 Å². The van der Waals surface area contributed by atoms with E-state index in [1.165, 1.54) is 17.3 Å². The van der Waals surface area contributed by atoms with Crippen LogP contribution in [0.5, 0.6) is 5.75 Å². The fraction of sp³-hybridized carbons (Fsp3) is 0.0455. The van der Waals surface area contributed by atoms with Crippen LogP contribution in [0.4, 0.5) is 14.5 Å². The molecule has 0 aliphatic heterocycles. The summed E-state index contributed by atoms with van der Waals surface area (Å²) in [6, 6.07) is 18.3. The second-order valence-electron chi connectivity index (χ2n) is 6.50. The van der Waals surface area contributed by atoms with Crippen LogP contribution in [0.2, 0.25) is 0 Å². The van der Waals surface area contributed by atoms with Crippen molar-refractivity contribution >= 4 is 5.69 Å². The zero-order valence-corrected chi connectivity index (χ0v) is 15.6. The molecule has 148 valence electrons. The minimum atomic E-state index is -0.873. The van der Waals surface area contributed by atoms with Crippen molar-refractivity contribution in [2.45, 2.75) is 6.54 Å². The summed E-state index contributed by atoms with van der Waals surface area (Å²) in [5.41, 5.74) is 2.32. The van der Waals surface area contributed by atoms with E-state index in [9.17, 15) is 19.1 Å². The molecule has 1 aromatic heterocycles. The number of hydrogen-bond acceptors (Lipinski definition) is 5. The highest BCUT2D eigenvalue weighted by molar-refractivity contribution is 5.74. The lowest BCUT2D eigenvalue weighted by molar-refractivity contribution is 0.455. The van der Waals surface area contributed by atoms with Gasteiger partial charge in [-0.2, -0.15) is 5.26 Å². The molecule has 0 saturated heterocycles. The van der Waals surface area contributed by atoms with Gasteiger partial charge in [-0.1, -0.05) is 30.3 Å². The fourth-order valence-electron chi connectivity index (χ4n) is 3.16. The number of nitriles is 1. The van der Waals surface area contributed by atoms with E-state index in [4.69, 9.17) is 0 Å². The number of halogens is 2. The summed E-state index contributed by atoms with van der Waals surface area (Å²) in [5, 5.41) is 28.1. The number of nitrogens with zero attached hydrogens (tertiary/aromatic N) is 5. The largest absolute Gasteiger partial charge is 0.508 e. The Bertz CT molecular complexity index is 1200. The molecule has 4 rings (SSSR count). The van der Waals surface area contributed by atoms with Gasteiger partial charge in [-0.05, 0) is 23.8 Å². The van der Waals surface area contributed by atoms with Crippen molar-refractivity contribution in [1.82, 2.24) is 14.9 Å². The van der Waals surface area contributed by atoms with Crippen LogP contribution < -0.4 is 5.01 Å². The Balaban J connectivity index is 1.83. The van der Waals surface area contributed by atoms with Crippen LogP contribution in [0, 0.1) is 23.0 Å². The fourth-order valence-corrected chi connectivity index (χ4v) is 3.16. The Kier molecular flexibility index (Phi) is 5.09. The molecule has 4 aromatic rings. The number of phenolic OH excluding ortho intramolecular Hbond substituents is 1. The number of rotatable bonds is 5. The van der Waals surface area contributed by atoms with Crippen molar-refractivity contribution in [3.8, 4) is 22.9 Å². The molecule has 0 atom stereocenters. The highest BCUT2D eigenvalue weighted by Gasteiger charge is 2.19. The minimum Gasteiger partial charge on any atom is -0.508 e. The van der Waals surface area contributed by atoms with Crippen molar-refractivity contribution in [3.05, 3.63) is 96.1 Å². The Labute approximate surface area is 170 Å². The molecule has 1 N–H and O–H groups in total. The van der Waals surface area contributed by atoms with Crippen LogP contribution in [0.25, 0.3) is 11.1 Å². The maximum absolute atomic E-state index is 14.4. The van der Waals surface area contributed by atoms with Crippen LogP contribution in [0.3, 0.4) is 0 Å². The first kappa shape index (κ1) is 19.1. The first-order chi connectivity index (χ1) is 14.6. The molecule has 0 unspecified atom stereocenters. The van der Waals surface area contributed by atoms with E-state index >= 15 is 0 Å². The number of anilines is 1. The second kappa shape index (κ2) is 8.01. The molecule has 0 bridgehead atoms. The molecule has 0 aliphatic rings. The third-order valence-electron chi connectivity index (χ3n) is 4.63. The summed E-state index contributed by atoms with van der Waals surface area (Å²) in [7, 11) is 0. The number of benzene rings is 3. The molecule has 8 heteroatoms. The van der Waals surface area contributed by atoms with E-state index in [0.717, 1.165) is 17.7 Å². The smallest absolute Gasteiger partial charge is 0.139 e. The molecule has 30 heavy (non-hydrogen) atoms. The van der Waals surface area contributed by atoms with Crippen molar-refractivity contribution in [1.29, 1.82) is 5.26 Å². The molecular formula is C22H15F2N5O. The zero-order valence-electron chi connectivity index (χ0n) is 15.6.